The Morgan fingerprint density at radius 3 is 2.33 bits per heavy atom. The number of thiocarbonyl (C=S) groups is 1. The van der Waals surface area contributed by atoms with E-state index in [0.29, 0.717) is 13.0 Å². The largest absolute Gasteiger partial charge is 0.430 e. The van der Waals surface area contributed by atoms with Gasteiger partial charge in [0.25, 0.3) is 5.60 Å². The molecule has 18 heteroatoms. The molecule has 3 fully saturated rings. The second kappa shape index (κ2) is 11.0. The quantitative estimate of drug-likeness (QED) is 0.350. The topological polar surface area (TPSA) is 119 Å². The molecule has 2 bridgehead atoms. The number of aliphatic hydroxyl groups excluding tert-OH is 1. The van der Waals surface area contributed by atoms with Crippen molar-refractivity contribution in [2.75, 3.05) is 44.3 Å². The van der Waals surface area contributed by atoms with Gasteiger partial charge in [0.1, 0.15) is 0 Å². The average molecular weight is 644 g/mol. The fraction of sp³-hybridized carbons (Fsp3) is 0.625. The first-order valence-corrected chi connectivity index (χ1v) is 14.8. The second-order valence-corrected chi connectivity index (χ2v) is 12.9. The fourth-order valence-electron chi connectivity index (χ4n) is 5.79. The van der Waals surface area contributed by atoms with Gasteiger partial charge in [-0.05, 0) is 12.5 Å². The van der Waals surface area contributed by atoms with E-state index in [-0.39, 0.29) is 79.4 Å². The number of allylic oxidation sites excluding steroid dienone is 4. The molecule has 0 radical (unpaired) electrons. The molecule has 4 atom stereocenters. The van der Waals surface area contributed by atoms with Crippen LogP contribution >= 0.6 is 12.2 Å². The third-order valence-electron chi connectivity index (χ3n) is 8.03. The Bertz CT molecular complexity index is 1360. The maximum atomic E-state index is 13.5. The summed E-state index contributed by atoms with van der Waals surface area (Å²) < 4.78 is 114. The molecule has 0 amide bonds. The molecule has 1 aromatic rings. The lowest BCUT2D eigenvalue weighted by Crippen LogP contribution is -2.61. The Kier molecular flexibility index (Phi) is 8.21. The Hall–Kier alpha value is -2.22. The molecule has 3 unspecified atom stereocenters. The molecule has 2 N–H and O–H groups in total. The molecule has 1 aromatic heterocycles. The number of hydrogen-bond donors (Lipinski definition) is 2. The molecule has 4 heterocycles. The van der Waals surface area contributed by atoms with Crippen LogP contribution in [0.4, 0.5) is 32.3 Å². The number of aromatic nitrogens is 2. The molecular formula is C24H27F6N5O5S2. The Morgan fingerprint density at radius 1 is 1.07 bits per heavy atom. The first-order valence-electron chi connectivity index (χ1n) is 12.9. The number of morpholine rings is 1. The average Bonchev–Trinajstić information content (AvgIpc) is 3.07. The van der Waals surface area contributed by atoms with Gasteiger partial charge in [-0.15, -0.1) is 0 Å². The SMILES string of the molecule is O=S(=O)(C1=CC=CCC1=S)N1CCN(c2ncc(C(O)(C(F)(F)F)C(F)(F)F)cn2)[C@@H](CN2C3COCC2C(O)C3)C1. The van der Waals surface area contributed by atoms with Crippen LogP contribution < -0.4 is 4.90 Å². The van der Waals surface area contributed by atoms with Crippen molar-refractivity contribution >= 4 is 33.1 Å². The molecule has 0 aromatic carbocycles. The molecular weight excluding hydrogens is 616 g/mol. The van der Waals surface area contributed by atoms with E-state index in [2.05, 4.69) is 9.97 Å². The molecule has 0 saturated carbocycles. The lowest BCUT2D eigenvalue weighted by molar-refractivity contribution is -0.376. The van der Waals surface area contributed by atoms with Crippen LogP contribution in [0.2, 0.25) is 0 Å². The Labute approximate surface area is 242 Å². The Morgan fingerprint density at radius 2 is 1.74 bits per heavy atom. The van der Waals surface area contributed by atoms with E-state index in [1.165, 1.54) is 15.3 Å². The van der Waals surface area contributed by atoms with E-state index in [0.717, 1.165) is 0 Å². The zero-order valence-electron chi connectivity index (χ0n) is 21.8. The number of halogens is 6. The fourth-order valence-corrected chi connectivity index (χ4v) is 7.86. The van der Waals surface area contributed by atoms with Crippen molar-refractivity contribution < 1.29 is 49.7 Å². The highest BCUT2D eigenvalue weighted by Gasteiger charge is 2.71. The predicted octanol–water partition coefficient (Wildman–Crippen LogP) is 1.66. The maximum Gasteiger partial charge on any atom is 0.430 e. The summed E-state index contributed by atoms with van der Waals surface area (Å²) in [5.74, 6) is -0.246. The molecule has 4 aliphatic rings. The number of rotatable bonds is 6. The molecule has 10 nitrogen and oxygen atoms in total. The summed E-state index contributed by atoms with van der Waals surface area (Å²) in [6.45, 7) is 0.461. The van der Waals surface area contributed by atoms with E-state index in [1.807, 2.05) is 4.90 Å². The number of piperazine rings is 1. The number of alkyl halides is 6. The number of nitrogens with zero attached hydrogens (tertiary/aromatic N) is 5. The lowest BCUT2D eigenvalue weighted by Gasteiger charge is -2.45. The minimum atomic E-state index is -6.10. The summed E-state index contributed by atoms with van der Waals surface area (Å²) in [4.78, 5) is 11.2. The van der Waals surface area contributed by atoms with E-state index >= 15 is 0 Å². The summed E-state index contributed by atoms with van der Waals surface area (Å²) in [7, 11) is -4.04. The van der Waals surface area contributed by atoms with Gasteiger partial charge in [-0.2, -0.15) is 30.6 Å². The van der Waals surface area contributed by atoms with Gasteiger partial charge in [0, 0.05) is 61.5 Å². The van der Waals surface area contributed by atoms with Crippen molar-refractivity contribution in [1.29, 1.82) is 0 Å². The number of ether oxygens (including phenoxy) is 1. The first-order chi connectivity index (χ1) is 19.6. The van der Waals surface area contributed by atoms with Crippen molar-refractivity contribution in [1.82, 2.24) is 19.2 Å². The van der Waals surface area contributed by atoms with Crippen molar-refractivity contribution in [3.8, 4) is 0 Å². The summed E-state index contributed by atoms with van der Waals surface area (Å²) >= 11 is 5.26. The van der Waals surface area contributed by atoms with Gasteiger partial charge < -0.3 is 19.8 Å². The first kappa shape index (κ1) is 31.2. The summed E-state index contributed by atoms with van der Waals surface area (Å²) in [6, 6.07) is -1.28. The monoisotopic (exact) mass is 643 g/mol. The van der Waals surface area contributed by atoms with Crippen LogP contribution in [0.15, 0.2) is 35.5 Å². The van der Waals surface area contributed by atoms with Crippen molar-refractivity contribution in [2.24, 2.45) is 0 Å². The number of fused-ring (bicyclic) bond motifs is 2. The highest BCUT2D eigenvalue weighted by atomic mass is 32.2. The Balaban J connectivity index is 1.46. The maximum absolute atomic E-state index is 13.5. The van der Waals surface area contributed by atoms with Crippen LogP contribution in [0.1, 0.15) is 18.4 Å². The van der Waals surface area contributed by atoms with Crippen molar-refractivity contribution in [3.05, 3.63) is 41.1 Å². The van der Waals surface area contributed by atoms with E-state index < -0.39 is 45.7 Å². The highest BCUT2D eigenvalue weighted by Crippen LogP contribution is 2.49. The second-order valence-electron chi connectivity index (χ2n) is 10.5. The van der Waals surface area contributed by atoms with E-state index in [1.54, 1.807) is 12.2 Å². The third-order valence-corrected chi connectivity index (χ3v) is 10.5. The minimum Gasteiger partial charge on any atom is -0.391 e. The summed E-state index contributed by atoms with van der Waals surface area (Å²) in [6.07, 6.45) is -6.94. The molecule has 1 aliphatic carbocycles. The molecule has 42 heavy (non-hydrogen) atoms. The van der Waals surface area contributed by atoms with E-state index in [9.17, 15) is 45.0 Å². The smallest absolute Gasteiger partial charge is 0.391 e. The number of aliphatic hydroxyl groups is 2. The minimum absolute atomic E-state index is 0.0201. The van der Waals surface area contributed by atoms with Gasteiger partial charge in [-0.3, -0.25) is 4.90 Å². The zero-order chi connectivity index (χ0) is 30.7. The number of anilines is 1. The van der Waals surface area contributed by atoms with Crippen molar-refractivity contribution in [3.63, 3.8) is 0 Å². The van der Waals surface area contributed by atoms with Gasteiger partial charge in [0.05, 0.1) is 36.3 Å². The molecule has 0 spiro atoms. The summed E-state index contributed by atoms with van der Waals surface area (Å²) in [5.41, 5.74) is -6.79. The van der Waals surface area contributed by atoms with Crippen LogP contribution in [0.25, 0.3) is 0 Å². The zero-order valence-corrected chi connectivity index (χ0v) is 23.4. The van der Waals surface area contributed by atoms with Gasteiger partial charge in [-0.25, -0.2) is 18.4 Å². The van der Waals surface area contributed by atoms with Crippen LogP contribution in [0.5, 0.6) is 0 Å². The van der Waals surface area contributed by atoms with Gasteiger partial charge in [0.15, 0.2) is 0 Å². The lowest BCUT2D eigenvalue weighted by atomic mass is 9.95. The molecule has 5 rings (SSSR count). The normalized spacial score (nSPS) is 28.3. The summed E-state index contributed by atoms with van der Waals surface area (Å²) in [5, 5.41) is 20.2. The standard InChI is InChI=1S/C24H27F6N5O5S2/c25-23(26,27)22(37,24(28,29)30)14-8-31-21(32-9-14)34-6-5-33(42(38,39)20-4-2-1-3-19(20)41)10-16(34)11-35-15-7-18(36)17(35)13-40-12-15/h1-2,4,8-9,15-18,36-37H,3,5-7,10-13H2/t15?,16-,17?,18?/m1/s1. The highest BCUT2D eigenvalue weighted by molar-refractivity contribution is 7.96. The number of hydrogen-bond acceptors (Lipinski definition) is 10. The van der Waals surface area contributed by atoms with Crippen LogP contribution in [-0.4, -0.2) is 119 Å². The molecule has 232 valence electrons. The van der Waals surface area contributed by atoms with Gasteiger partial charge in [0.2, 0.25) is 16.0 Å². The van der Waals surface area contributed by atoms with Gasteiger partial charge >= 0.3 is 12.4 Å². The van der Waals surface area contributed by atoms with Crippen molar-refractivity contribution in [2.45, 2.75) is 55.0 Å². The predicted molar refractivity (Wildman–Crippen MR) is 140 cm³/mol. The third kappa shape index (κ3) is 5.35. The number of sulfonamides is 1. The van der Waals surface area contributed by atoms with Crippen LogP contribution in [-0.2, 0) is 20.4 Å². The van der Waals surface area contributed by atoms with Crippen LogP contribution in [0, 0.1) is 0 Å². The molecule has 3 saturated heterocycles. The van der Waals surface area contributed by atoms with E-state index in [4.69, 9.17) is 17.0 Å². The van der Waals surface area contributed by atoms with Crippen LogP contribution in [0.3, 0.4) is 0 Å². The molecule has 3 aliphatic heterocycles. The van der Waals surface area contributed by atoms with Gasteiger partial charge in [-0.1, -0.05) is 24.4 Å².